The molecule has 0 radical (unpaired) electrons. The van der Waals surface area contributed by atoms with Crippen LogP contribution in [0.1, 0.15) is 6.42 Å². The third kappa shape index (κ3) is 2.96. The van der Waals surface area contributed by atoms with Crippen molar-refractivity contribution in [2.75, 3.05) is 18.9 Å². The topological polar surface area (TPSA) is 76.0 Å². The molecule has 0 bridgehead atoms. The summed E-state index contributed by atoms with van der Waals surface area (Å²) in [6.45, 7) is 0.397. The molecule has 0 saturated carbocycles. The molecule has 88 valence electrons. The Bertz CT molecular complexity index is 444. The van der Waals surface area contributed by atoms with Crippen molar-refractivity contribution >= 4 is 23.2 Å². The third-order valence-electron chi connectivity index (χ3n) is 2.02. The first-order valence-electron chi connectivity index (χ1n) is 4.72. The lowest BCUT2D eigenvalue weighted by Gasteiger charge is -2.07. The summed E-state index contributed by atoms with van der Waals surface area (Å²) in [5, 5.41) is 9.26. The Morgan fingerprint density at radius 3 is 2.94 bits per heavy atom. The van der Waals surface area contributed by atoms with Crippen molar-refractivity contribution in [3.63, 3.8) is 0 Å². The van der Waals surface area contributed by atoms with Gasteiger partial charge in [-0.2, -0.15) is 5.10 Å². The lowest BCUT2D eigenvalue weighted by molar-refractivity contribution is -0.120. The summed E-state index contributed by atoms with van der Waals surface area (Å²) >= 11 is 5.81. The van der Waals surface area contributed by atoms with Crippen molar-refractivity contribution in [3.05, 3.63) is 21.6 Å². The van der Waals surface area contributed by atoms with E-state index < -0.39 is 0 Å². The molecule has 0 aliphatic rings. The molecule has 0 atom stereocenters. The highest BCUT2D eigenvalue weighted by atomic mass is 35.5. The number of halogens is 1. The molecule has 1 amide bonds. The van der Waals surface area contributed by atoms with E-state index in [0.29, 0.717) is 18.7 Å². The zero-order chi connectivity index (χ0) is 12.1. The van der Waals surface area contributed by atoms with Crippen LogP contribution in [0.5, 0.6) is 0 Å². The van der Waals surface area contributed by atoms with Crippen molar-refractivity contribution in [2.45, 2.75) is 6.42 Å². The number of aryl methyl sites for hydroxylation is 1. The molecule has 0 saturated heterocycles. The van der Waals surface area contributed by atoms with E-state index in [4.69, 9.17) is 11.6 Å². The summed E-state index contributed by atoms with van der Waals surface area (Å²) in [5.41, 5.74) is 0.0697. The number of amides is 1. The molecule has 0 aliphatic carbocycles. The van der Waals surface area contributed by atoms with Crippen molar-refractivity contribution in [1.29, 1.82) is 0 Å². The van der Waals surface area contributed by atoms with E-state index in [1.807, 2.05) is 0 Å². The fourth-order valence-corrected chi connectivity index (χ4v) is 1.31. The van der Waals surface area contributed by atoms with E-state index in [1.54, 1.807) is 7.05 Å². The number of hydrogen-bond donors (Lipinski definition) is 2. The van der Waals surface area contributed by atoms with Gasteiger partial charge >= 0.3 is 0 Å². The molecular weight excluding hydrogens is 232 g/mol. The van der Waals surface area contributed by atoms with E-state index in [2.05, 4.69) is 15.7 Å². The van der Waals surface area contributed by atoms with Crippen LogP contribution in [0.4, 0.5) is 5.69 Å². The number of nitrogens with zero attached hydrogens (tertiary/aromatic N) is 2. The van der Waals surface area contributed by atoms with Gasteiger partial charge in [-0.1, -0.05) is 11.6 Å². The highest BCUT2D eigenvalue weighted by Gasteiger charge is 2.06. The first-order valence-corrected chi connectivity index (χ1v) is 5.10. The Balaban J connectivity index is 2.65. The van der Waals surface area contributed by atoms with Gasteiger partial charge < -0.3 is 10.6 Å². The molecular formula is C9H13ClN4O2. The quantitative estimate of drug-likeness (QED) is 0.781. The minimum atomic E-state index is -0.369. The summed E-state index contributed by atoms with van der Waals surface area (Å²) in [6, 6.07) is 0. The smallest absolute Gasteiger partial charge is 0.287 e. The van der Waals surface area contributed by atoms with Gasteiger partial charge in [-0.15, -0.1) is 0 Å². The predicted molar refractivity (Wildman–Crippen MR) is 61.7 cm³/mol. The van der Waals surface area contributed by atoms with Gasteiger partial charge in [-0.3, -0.25) is 9.59 Å². The molecule has 7 heteroatoms. The molecule has 1 aromatic heterocycles. The maximum Gasteiger partial charge on any atom is 0.287 e. The second-order valence-corrected chi connectivity index (χ2v) is 3.53. The average Bonchev–Trinajstić information content (AvgIpc) is 2.29. The summed E-state index contributed by atoms with van der Waals surface area (Å²) in [6.07, 6.45) is 1.76. The number of nitrogens with one attached hydrogen (secondary N) is 2. The van der Waals surface area contributed by atoms with Gasteiger partial charge in [0.25, 0.3) is 5.56 Å². The zero-order valence-corrected chi connectivity index (χ0v) is 9.84. The Labute approximate surface area is 97.6 Å². The summed E-state index contributed by atoms with van der Waals surface area (Å²) in [5.74, 6) is -0.0829. The highest BCUT2D eigenvalue weighted by Crippen LogP contribution is 2.14. The number of hydrogen-bond acceptors (Lipinski definition) is 4. The summed E-state index contributed by atoms with van der Waals surface area (Å²) in [7, 11) is 3.08. The fraction of sp³-hybridized carbons (Fsp3) is 0.444. The number of carbonyl (C=O) groups excluding carboxylic acids is 1. The van der Waals surface area contributed by atoms with Gasteiger partial charge in [-0.05, 0) is 0 Å². The van der Waals surface area contributed by atoms with E-state index >= 15 is 0 Å². The molecule has 0 aromatic carbocycles. The number of carbonyl (C=O) groups is 1. The van der Waals surface area contributed by atoms with Crippen molar-refractivity contribution < 1.29 is 4.79 Å². The van der Waals surface area contributed by atoms with Crippen LogP contribution in [-0.2, 0) is 11.8 Å². The average molecular weight is 245 g/mol. The lowest BCUT2D eigenvalue weighted by Crippen LogP contribution is -2.23. The standard InChI is InChI=1S/C9H13ClN4O2/c1-11-7(15)3-4-12-6-5-13-14(2)9(16)8(6)10/h5,12H,3-4H2,1-2H3,(H,11,15). The highest BCUT2D eigenvalue weighted by molar-refractivity contribution is 6.32. The van der Waals surface area contributed by atoms with E-state index in [-0.39, 0.29) is 16.5 Å². The van der Waals surface area contributed by atoms with Gasteiger partial charge in [0.15, 0.2) is 0 Å². The van der Waals surface area contributed by atoms with Crippen molar-refractivity contribution in [2.24, 2.45) is 7.05 Å². The number of anilines is 1. The number of aromatic nitrogens is 2. The Morgan fingerprint density at radius 2 is 2.31 bits per heavy atom. The zero-order valence-electron chi connectivity index (χ0n) is 9.08. The van der Waals surface area contributed by atoms with Crippen molar-refractivity contribution in [1.82, 2.24) is 15.1 Å². The van der Waals surface area contributed by atoms with Gasteiger partial charge in [0.2, 0.25) is 5.91 Å². The van der Waals surface area contributed by atoms with Crippen LogP contribution in [0.15, 0.2) is 11.0 Å². The van der Waals surface area contributed by atoms with Crippen LogP contribution in [-0.4, -0.2) is 29.3 Å². The lowest BCUT2D eigenvalue weighted by atomic mass is 10.3. The molecule has 0 fully saturated rings. The molecule has 0 unspecified atom stereocenters. The largest absolute Gasteiger partial charge is 0.382 e. The van der Waals surface area contributed by atoms with Gasteiger partial charge in [-0.25, -0.2) is 4.68 Å². The van der Waals surface area contributed by atoms with Gasteiger partial charge in [0, 0.05) is 27.1 Å². The van der Waals surface area contributed by atoms with Crippen LogP contribution in [0.25, 0.3) is 0 Å². The van der Waals surface area contributed by atoms with Crippen LogP contribution in [0, 0.1) is 0 Å². The van der Waals surface area contributed by atoms with Crippen LogP contribution in [0.3, 0.4) is 0 Å². The molecule has 16 heavy (non-hydrogen) atoms. The molecule has 6 nitrogen and oxygen atoms in total. The van der Waals surface area contributed by atoms with Crippen LogP contribution < -0.4 is 16.2 Å². The van der Waals surface area contributed by atoms with Crippen molar-refractivity contribution in [3.8, 4) is 0 Å². The molecule has 1 rings (SSSR count). The first kappa shape index (κ1) is 12.5. The van der Waals surface area contributed by atoms with Gasteiger partial charge in [0.1, 0.15) is 5.02 Å². The maximum atomic E-state index is 11.4. The number of rotatable bonds is 4. The van der Waals surface area contributed by atoms with Gasteiger partial charge in [0.05, 0.1) is 11.9 Å². The molecule has 1 aromatic rings. The fourth-order valence-electron chi connectivity index (χ4n) is 1.07. The summed E-state index contributed by atoms with van der Waals surface area (Å²) in [4.78, 5) is 22.3. The Morgan fingerprint density at radius 1 is 1.62 bits per heavy atom. The van der Waals surface area contributed by atoms with Crippen LogP contribution >= 0.6 is 11.6 Å². The Hall–Kier alpha value is -1.56. The minimum Gasteiger partial charge on any atom is -0.382 e. The minimum absolute atomic E-state index is 0.0782. The van der Waals surface area contributed by atoms with E-state index in [0.717, 1.165) is 4.68 Å². The summed E-state index contributed by atoms with van der Waals surface area (Å²) < 4.78 is 1.15. The normalized spacial score (nSPS) is 9.94. The van der Waals surface area contributed by atoms with E-state index in [9.17, 15) is 9.59 Å². The predicted octanol–water partition coefficient (Wildman–Crippen LogP) is -0.0183. The monoisotopic (exact) mass is 244 g/mol. The SMILES string of the molecule is CNC(=O)CCNc1cnn(C)c(=O)c1Cl. The molecule has 0 spiro atoms. The second kappa shape index (κ2) is 5.50. The first-order chi connectivity index (χ1) is 7.56. The maximum absolute atomic E-state index is 11.4. The molecule has 2 N–H and O–H groups in total. The molecule has 1 heterocycles. The Kier molecular flexibility index (Phi) is 4.30. The van der Waals surface area contributed by atoms with Crippen LogP contribution in [0.2, 0.25) is 5.02 Å². The second-order valence-electron chi connectivity index (χ2n) is 3.15. The van der Waals surface area contributed by atoms with E-state index in [1.165, 1.54) is 13.2 Å². The third-order valence-corrected chi connectivity index (χ3v) is 2.39. The molecule has 0 aliphatic heterocycles.